The van der Waals surface area contributed by atoms with E-state index in [-0.39, 0.29) is 43.0 Å². The van der Waals surface area contributed by atoms with Gasteiger partial charge in [0.1, 0.15) is 0 Å². The van der Waals surface area contributed by atoms with E-state index in [1.807, 2.05) is 0 Å². The van der Waals surface area contributed by atoms with Crippen LogP contribution in [-0.4, -0.2) is 48.4 Å². The van der Waals surface area contributed by atoms with Gasteiger partial charge in [-0.3, -0.25) is 19.3 Å². The first-order valence-electron chi connectivity index (χ1n) is 9.17. The third kappa shape index (κ3) is 4.90. The Morgan fingerprint density at radius 1 is 1.28 bits per heavy atom. The lowest BCUT2D eigenvalue weighted by Gasteiger charge is -2.34. The van der Waals surface area contributed by atoms with Gasteiger partial charge < -0.3 is 4.74 Å². The summed E-state index contributed by atoms with van der Waals surface area (Å²) in [5, 5.41) is 0. The van der Waals surface area contributed by atoms with Gasteiger partial charge in [-0.25, -0.2) is 4.90 Å². The van der Waals surface area contributed by atoms with Crippen molar-refractivity contribution < 1.29 is 32.3 Å². The van der Waals surface area contributed by atoms with Gasteiger partial charge in [0.25, 0.3) is 5.91 Å². The molecular formula is C19H22ClF3N2O4. The van der Waals surface area contributed by atoms with Gasteiger partial charge in [-0.15, -0.1) is 12.4 Å². The smallest absolute Gasteiger partial charge is 0.416 e. The van der Waals surface area contributed by atoms with Crippen molar-refractivity contribution in [3.05, 3.63) is 29.8 Å². The van der Waals surface area contributed by atoms with E-state index in [0.29, 0.717) is 25.9 Å². The number of anilines is 1. The molecule has 0 spiro atoms. The van der Waals surface area contributed by atoms with Crippen LogP contribution in [0.1, 0.15) is 31.7 Å². The number of benzene rings is 1. The van der Waals surface area contributed by atoms with Crippen LogP contribution in [-0.2, 0) is 25.3 Å². The van der Waals surface area contributed by atoms with Gasteiger partial charge in [-0.1, -0.05) is 6.07 Å². The zero-order valence-electron chi connectivity index (χ0n) is 15.8. The van der Waals surface area contributed by atoms with Gasteiger partial charge >= 0.3 is 12.1 Å². The van der Waals surface area contributed by atoms with Gasteiger partial charge in [0.05, 0.1) is 36.2 Å². The maximum absolute atomic E-state index is 13.0. The highest BCUT2D eigenvalue weighted by Crippen LogP contribution is 2.34. The van der Waals surface area contributed by atoms with Crippen molar-refractivity contribution in [2.24, 2.45) is 5.92 Å². The number of carbonyl (C=O) groups is 3. The lowest BCUT2D eigenvalue weighted by molar-refractivity contribution is -0.150. The van der Waals surface area contributed by atoms with Crippen LogP contribution in [0.3, 0.4) is 0 Å². The number of rotatable bonds is 4. The van der Waals surface area contributed by atoms with E-state index in [1.54, 1.807) is 11.8 Å². The lowest BCUT2D eigenvalue weighted by atomic mass is 9.96. The Kier molecular flexibility index (Phi) is 7.29. The van der Waals surface area contributed by atoms with Gasteiger partial charge in [0.2, 0.25) is 5.91 Å². The van der Waals surface area contributed by atoms with Crippen LogP contribution >= 0.6 is 12.4 Å². The number of hydrogen-bond acceptors (Lipinski definition) is 5. The summed E-state index contributed by atoms with van der Waals surface area (Å²) < 4.78 is 43.9. The number of ether oxygens (including phenoxy) is 1. The van der Waals surface area contributed by atoms with Crippen molar-refractivity contribution in [2.75, 3.05) is 24.6 Å². The topological polar surface area (TPSA) is 66.9 Å². The number of amides is 2. The van der Waals surface area contributed by atoms with Crippen molar-refractivity contribution in [3.8, 4) is 0 Å². The number of nitrogens with zero attached hydrogens (tertiary/aromatic N) is 2. The normalized spacial score (nSPS) is 23.1. The fraction of sp³-hybridized carbons (Fsp3) is 0.526. The molecule has 2 aliphatic heterocycles. The Labute approximate surface area is 172 Å². The molecule has 0 radical (unpaired) electrons. The fourth-order valence-corrected chi connectivity index (χ4v) is 3.74. The number of halogens is 4. The number of imide groups is 1. The van der Waals surface area contributed by atoms with Gasteiger partial charge in [0, 0.05) is 6.54 Å². The summed E-state index contributed by atoms with van der Waals surface area (Å²) in [6, 6.07) is 3.39. The van der Waals surface area contributed by atoms with E-state index in [2.05, 4.69) is 0 Å². The SMILES string of the molecule is CCOC(=O)C1CCCN(C2CC(=O)N(c3cccc(C(F)(F)F)c3)C2=O)C1.Cl. The molecule has 2 fully saturated rings. The van der Waals surface area contributed by atoms with E-state index in [0.717, 1.165) is 17.0 Å². The van der Waals surface area contributed by atoms with E-state index >= 15 is 0 Å². The first-order valence-corrected chi connectivity index (χ1v) is 9.17. The summed E-state index contributed by atoms with van der Waals surface area (Å²) in [6.45, 7) is 2.80. The summed E-state index contributed by atoms with van der Waals surface area (Å²) in [7, 11) is 0. The van der Waals surface area contributed by atoms with E-state index in [9.17, 15) is 27.6 Å². The van der Waals surface area contributed by atoms with Crippen LogP contribution in [0.15, 0.2) is 24.3 Å². The molecule has 10 heteroatoms. The lowest BCUT2D eigenvalue weighted by Crippen LogP contribution is -2.48. The summed E-state index contributed by atoms with van der Waals surface area (Å²) >= 11 is 0. The average molecular weight is 435 g/mol. The van der Waals surface area contributed by atoms with Crippen LogP contribution in [0.2, 0.25) is 0 Å². The average Bonchev–Trinajstić information content (AvgIpc) is 2.96. The highest BCUT2D eigenvalue weighted by atomic mass is 35.5. The second-order valence-electron chi connectivity index (χ2n) is 6.92. The molecule has 6 nitrogen and oxygen atoms in total. The molecule has 1 aromatic carbocycles. The third-order valence-corrected chi connectivity index (χ3v) is 5.07. The number of hydrogen-bond donors (Lipinski definition) is 0. The largest absolute Gasteiger partial charge is 0.466 e. The quantitative estimate of drug-likeness (QED) is 0.538. The molecule has 2 saturated heterocycles. The zero-order chi connectivity index (χ0) is 20.5. The number of alkyl halides is 3. The standard InChI is InChI=1S/C19H21F3N2O4.ClH/c1-2-28-18(27)12-5-4-8-23(11-12)15-10-16(25)24(17(15)26)14-7-3-6-13(9-14)19(20,21)22;/h3,6-7,9,12,15H,2,4-5,8,10-11H2,1H3;1H. The molecule has 0 N–H and O–H groups in total. The predicted octanol–water partition coefficient (Wildman–Crippen LogP) is 3.03. The summed E-state index contributed by atoms with van der Waals surface area (Å²) in [4.78, 5) is 39.8. The fourth-order valence-electron chi connectivity index (χ4n) is 3.74. The maximum atomic E-state index is 13.0. The highest BCUT2D eigenvalue weighted by molar-refractivity contribution is 6.22. The van der Waals surface area contributed by atoms with Crippen LogP contribution in [0, 0.1) is 5.92 Å². The van der Waals surface area contributed by atoms with E-state index in [4.69, 9.17) is 4.74 Å². The number of esters is 1. The molecule has 2 unspecified atom stereocenters. The first-order chi connectivity index (χ1) is 13.2. The molecule has 160 valence electrons. The highest BCUT2D eigenvalue weighted by Gasteiger charge is 2.45. The number of carbonyl (C=O) groups excluding carboxylic acids is 3. The molecule has 3 rings (SSSR count). The van der Waals surface area contributed by atoms with Crippen molar-refractivity contribution in [1.82, 2.24) is 4.90 Å². The Bertz CT molecular complexity index is 787. The molecule has 2 heterocycles. The molecule has 0 aromatic heterocycles. The molecule has 29 heavy (non-hydrogen) atoms. The second-order valence-corrected chi connectivity index (χ2v) is 6.92. The molecule has 1 aromatic rings. The van der Waals surface area contributed by atoms with Crippen molar-refractivity contribution in [1.29, 1.82) is 0 Å². The van der Waals surface area contributed by atoms with Gasteiger partial charge in [0.15, 0.2) is 0 Å². The van der Waals surface area contributed by atoms with Crippen molar-refractivity contribution in [3.63, 3.8) is 0 Å². The Balaban J connectivity index is 0.00000300. The Hall–Kier alpha value is -2.13. The van der Waals surface area contributed by atoms with Crippen LogP contribution in [0.25, 0.3) is 0 Å². The van der Waals surface area contributed by atoms with Gasteiger partial charge in [-0.2, -0.15) is 13.2 Å². The maximum Gasteiger partial charge on any atom is 0.416 e. The predicted molar refractivity (Wildman–Crippen MR) is 101 cm³/mol. The minimum Gasteiger partial charge on any atom is -0.466 e. The van der Waals surface area contributed by atoms with Crippen LogP contribution in [0.4, 0.5) is 18.9 Å². The van der Waals surface area contributed by atoms with Crippen molar-refractivity contribution in [2.45, 2.75) is 38.4 Å². The molecule has 0 saturated carbocycles. The third-order valence-electron chi connectivity index (χ3n) is 5.07. The summed E-state index contributed by atoms with van der Waals surface area (Å²) in [5.41, 5.74) is -1.01. The molecule has 2 aliphatic rings. The van der Waals surface area contributed by atoms with E-state index < -0.39 is 29.6 Å². The first kappa shape index (κ1) is 23.2. The van der Waals surface area contributed by atoms with Gasteiger partial charge in [-0.05, 0) is 44.5 Å². The summed E-state index contributed by atoms with van der Waals surface area (Å²) in [5.74, 6) is -1.82. The zero-order valence-corrected chi connectivity index (χ0v) is 16.6. The molecule has 0 bridgehead atoms. The monoisotopic (exact) mass is 434 g/mol. The number of piperidine rings is 1. The molecule has 2 atom stereocenters. The minimum atomic E-state index is -4.57. The van der Waals surface area contributed by atoms with Crippen LogP contribution < -0.4 is 4.90 Å². The molecule has 2 amide bonds. The summed E-state index contributed by atoms with van der Waals surface area (Å²) in [6.07, 6.45) is -3.38. The Morgan fingerprint density at radius 3 is 2.66 bits per heavy atom. The van der Waals surface area contributed by atoms with Crippen molar-refractivity contribution >= 4 is 35.9 Å². The Morgan fingerprint density at radius 2 is 2.00 bits per heavy atom. The minimum absolute atomic E-state index is 0. The second kappa shape index (κ2) is 9.13. The number of likely N-dealkylation sites (tertiary alicyclic amines) is 1. The molecular weight excluding hydrogens is 413 g/mol. The van der Waals surface area contributed by atoms with Crippen LogP contribution in [0.5, 0.6) is 0 Å². The molecule has 0 aliphatic carbocycles. The van der Waals surface area contributed by atoms with E-state index in [1.165, 1.54) is 12.1 Å².